The summed E-state index contributed by atoms with van der Waals surface area (Å²) in [6.07, 6.45) is 0. The summed E-state index contributed by atoms with van der Waals surface area (Å²) in [5.74, 6) is -1.64. The predicted octanol–water partition coefficient (Wildman–Crippen LogP) is 3.55. The van der Waals surface area contributed by atoms with Gasteiger partial charge in [0.05, 0.1) is 11.4 Å². The maximum atomic E-state index is 13.7. The van der Waals surface area contributed by atoms with E-state index in [1.807, 2.05) is 6.92 Å². The molecular formula is C13H11F2NO2S. The monoisotopic (exact) mass is 283 g/mol. The minimum Gasteiger partial charge on any atom is -0.289 e. The SMILES string of the molecule is Cc1ccc(N(c2ccc(F)cc2F)S(=O)O)cc1. The topological polar surface area (TPSA) is 40.5 Å². The number of hydrogen-bond acceptors (Lipinski definition) is 1. The van der Waals surface area contributed by atoms with Gasteiger partial charge in [0.15, 0.2) is 5.82 Å². The van der Waals surface area contributed by atoms with E-state index in [2.05, 4.69) is 0 Å². The molecule has 0 amide bonds. The molecule has 6 heteroatoms. The Hall–Kier alpha value is -1.79. The van der Waals surface area contributed by atoms with Crippen molar-refractivity contribution in [2.45, 2.75) is 6.92 Å². The first-order valence-corrected chi connectivity index (χ1v) is 6.48. The fourth-order valence-corrected chi connectivity index (χ4v) is 2.26. The van der Waals surface area contributed by atoms with Crippen LogP contribution in [0.25, 0.3) is 0 Å². The third kappa shape index (κ3) is 2.97. The summed E-state index contributed by atoms with van der Waals surface area (Å²) >= 11 is -2.46. The lowest BCUT2D eigenvalue weighted by molar-refractivity contribution is 0.559. The van der Waals surface area contributed by atoms with Crippen molar-refractivity contribution in [2.24, 2.45) is 0 Å². The molecule has 2 aromatic carbocycles. The molecule has 1 atom stereocenters. The fraction of sp³-hybridized carbons (Fsp3) is 0.0769. The summed E-state index contributed by atoms with van der Waals surface area (Å²) in [6, 6.07) is 9.47. The van der Waals surface area contributed by atoms with Crippen molar-refractivity contribution < 1.29 is 17.5 Å². The molecule has 2 aromatic rings. The largest absolute Gasteiger partial charge is 0.289 e. The minimum atomic E-state index is -2.46. The van der Waals surface area contributed by atoms with E-state index < -0.39 is 22.9 Å². The van der Waals surface area contributed by atoms with Gasteiger partial charge in [-0.3, -0.25) is 4.55 Å². The Morgan fingerprint density at radius 1 is 1.11 bits per heavy atom. The zero-order chi connectivity index (χ0) is 14.0. The number of rotatable bonds is 3. The fourth-order valence-electron chi connectivity index (χ4n) is 1.64. The molecule has 0 fully saturated rings. The van der Waals surface area contributed by atoms with Crippen molar-refractivity contribution in [3.8, 4) is 0 Å². The van der Waals surface area contributed by atoms with Crippen LogP contribution >= 0.6 is 0 Å². The number of halogens is 2. The van der Waals surface area contributed by atoms with Crippen molar-refractivity contribution in [3.63, 3.8) is 0 Å². The van der Waals surface area contributed by atoms with Gasteiger partial charge in [0.25, 0.3) is 11.3 Å². The smallest absolute Gasteiger partial charge is 0.266 e. The molecule has 3 nitrogen and oxygen atoms in total. The van der Waals surface area contributed by atoms with Crippen LogP contribution < -0.4 is 4.31 Å². The standard InChI is InChI=1S/C13H11F2NO2S/c1-9-2-5-11(6-3-9)16(19(17)18)13-7-4-10(14)8-12(13)15/h2-8H,1H3,(H,17,18). The maximum Gasteiger partial charge on any atom is 0.266 e. The van der Waals surface area contributed by atoms with E-state index >= 15 is 0 Å². The van der Waals surface area contributed by atoms with Crippen molar-refractivity contribution in [3.05, 3.63) is 59.7 Å². The lowest BCUT2D eigenvalue weighted by Gasteiger charge is -2.20. The molecule has 0 heterocycles. The summed E-state index contributed by atoms with van der Waals surface area (Å²) in [5, 5.41) is 0. The Balaban J connectivity index is 2.51. The number of anilines is 2. The van der Waals surface area contributed by atoms with Crippen LogP contribution in [-0.4, -0.2) is 8.76 Å². The molecule has 19 heavy (non-hydrogen) atoms. The summed E-state index contributed by atoms with van der Waals surface area (Å²) in [4.78, 5) is 0. The van der Waals surface area contributed by atoms with E-state index in [1.165, 1.54) is 0 Å². The molecule has 1 unspecified atom stereocenters. The summed E-state index contributed by atoms with van der Waals surface area (Å²) in [5.41, 5.74) is 1.15. The van der Waals surface area contributed by atoms with Crippen molar-refractivity contribution in [1.29, 1.82) is 0 Å². The van der Waals surface area contributed by atoms with E-state index in [0.717, 1.165) is 22.0 Å². The highest BCUT2D eigenvalue weighted by atomic mass is 32.2. The second-order valence-corrected chi connectivity index (χ2v) is 4.78. The van der Waals surface area contributed by atoms with Gasteiger partial charge in [-0.1, -0.05) is 17.7 Å². The molecule has 0 radical (unpaired) electrons. The van der Waals surface area contributed by atoms with Gasteiger partial charge >= 0.3 is 0 Å². The lowest BCUT2D eigenvalue weighted by atomic mass is 10.2. The van der Waals surface area contributed by atoms with Crippen LogP contribution in [-0.2, 0) is 11.3 Å². The van der Waals surface area contributed by atoms with E-state index in [-0.39, 0.29) is 5.69 Å². The molecule has 0 aliphatic carbocycles. The van der Waals surface area contributed by atoms with E-state index in [4.69, 9.17) is 0 Å². The molecular weight excluding hydrogens is 272 g/mol. The normalized spacial score (nSPS) is 12.2. The highest BCUT2D eigenvalue weighted by Crippen LogP contribution is 2.29. The number of benzene rings is 2. The number of hydrogen-bond donors (Lipinski definition) is 1. The van der Waals surface area contributed by atoms with Crippen molar-refractivity contribution in [1.82, 2.24) is 0 Å². The molecule has 0 spiro atoms. The van der Waals surface area contributed by atoms with Crippen LogP contribution in [0.1, 0.15) is 5.56 Å². The van der Waals surface area contributed by atoms with Crippen LogP contribution in [0.4, 0.5) is 20.2 Å². The molecule has 0 bridgehead atoms. The zero-order valence-corrected chi connectivity index (χ0v) is 10.8. The van der Waals surface area contributed by atoms with Gasteiger partial charge in [-0.05, 0) is 31.2 Å². The van der Waals surface area contributed by atoms with Crippen LogP contribution in [0.3, 0.4) is 0 Å². The van der Waals surface area contributed by atoms with Crippen LogP contribution in [0, 0.1) is 18.6 Å². The minimum absolute atomic E-state index is 0.161. The number of nitrogens with zero attached hydrogens (tertiary/aromatic N) is 1. The Kier molecular flexibility index (Phi) is 3.92. The third-order valence-electron chi connectivity index (χ3n) is 2.55. The summed E-state index contributed by atoms with van der Waals surface area (Å²) in [7, 11) is 0. The summed E-state index contributed by atoms with van der Waals surface area (Å²) < 4.78 is 48.2. The van der Waals surface area contributed by atoms with Gasteiger partial charge in [-0.2, -0.15) is 0 Å². The quantitative estimate of drug-likeness (QED) is 0.875. The van der Waals surface area contributed by atoms with Gasteiger partial charge < -0.3 is 0 Å². The molecule has 0 aromatic heterocycles. The highest BCUT2D eigenvalue weighted by Gasteiger charge is 2.19. The van der Waals surface area contributed by atoms with E-state index in [9.17, 15) is 17.5 Å². The first-order chi connectivity index (χ1) is 8.99. The first kappa shape index (κ1) is 13.6. The Bertz CT molecular complexity index is 617. The third-order valence-corrected chi connectivity index (χ3v) is 3.27. The predicted molar refractivity (Wildman–Crippen MR) is 70.4 cm³/mol. The van der Waals surface area contributed by atoms with E-state index in [1.54, 1.807) is 24.3 Å². The van der Waals surface area contributed by atoms with Gasteiger partial charge in [-0.25, -0.2) is 17.3 Å². The average Bonchev–Trinajstić information content (AvgIpc) is 2.34. The van der Waals surface area contributed by atoms with Gasteiger partial charge in [0.2, 0.25) is 0 Å². The molecule has 1 N–H and O–H groups in total. The molecule has 100 valence electrons. The molecule has 0 saturated carbocycles. The summed E-state index contributed by atoms with van der Waals surface area (Å²) in [6.45, 7) is 1.86. The Labute approximate surface area is 111 Å². The molecule has 0 aliphatic heterocycles. The second-order valence-electron chi connectivity index (χ2n) is 3.96. The molecule has 0 aliphatic rings. The second kappa shape index (κ2) is 5.46. The van der Waals surface area contributed by atoms with Crippen LogP contribution in [0.15, 0.2) is 42.5 Å². The van der Waals surface area contributed by atoms with Crippen molar-refractivity contribution >= 4 is 22.6 Å². The molecule has 0 saturated heterocycles. The van der Waals surface area contributed by atoms with Gasteiger partial charge in [0.1, 0.15) is 5.82 Å². The Morgan fingerprint density at radius 3 is 2.26 bits per heavy atom. The van der Waals surface area contributed by atoms with Gasteiger partial charge in [0, 0.05) is 6.07 Å². The Morgan fingerprint density at radius 2 is 1.74 bits per heavy atom. The average molecular weight is 283 g/mol. The van der Waals surface area contributed by atoms with Crippen molar-refractivity contribution in [2.75, 3.05) is 4.31 Å². The number of aryl methyl sites for hydroxylation is 1. The van der Waals surface area contributed by atoms with Crippen LogP contribution in [0.2, 0.25) is 0 Å². The molecule has 2 rings (SSSR count). The van der Waals surface area contributed by atoms with E-state index in [0.29, 0.717) is 11.8 Å². The maximum absolute atomic E-state index is 13.7. The lowest BCUT2D eigenvalue weighted by Crippen LogP contribution is -2.20. The van der Waals surface area contributed by atoms with Gasteiger partial charge in [-0.15, -0.1) is 0 Å². The first-order valence-electron chi connectivity index (χ1n) is 5.42. The highest BCUT2D eigenvalue weighted by molar-refractivity contribution is 7.81. The van der Waals surface area contributed by atoms with Crippen LogP contribution in [0.5, 0.6) is 0 Å². The zero-order valence-electron chi connectivity index (χ0n) is 10.0.